The van der Waals surface area contributed by atoms with Gasteiger partial charge in [-0.15, -0.1) is 11.6 Å². The maximum absolute atomic E-state index is 12.8. The van der Waals surface area contributed by atoms with Crippen LogP contribution in [0.5, 0.6) is 5.75 Å². The van der Waals surface area contributed by atoms with Crippen molar-refractivity contribution in [2.75, 3.05) is 20.0 Å². The number of hydrogen-bond acceptors (Lipinski definition) is 3. The minimum atomic E-state index is -3.52. The van der Waals surface area contributed by atoms with E-state index in [9.17, 15) is 8.42 Å². The maximum atomic E-state index is 12.8. The Balaban J connectivity index is 3.23. The first-order valence-corrected chi connectivity index (χ1v) is 9.06. The third kappa shape index (κ3) is 4.34. The lowest BCUT2D eigenvalue weighted by molar-refractivity contribution is 0.368. The fourth-order valence-electron chi connectivity index (χ4n) is 2.22. The van der Waals surface area contributed by atoms with Gasteiger partial charge in [-0.1, -0.05) is 13.3 Å². The number of hydrogen-bond donors (Lipinski definition) is 0. The Morgan fingerprint density at radius 3 is 2.57 bits per heavy atom. The van der Waals surface area contributed by atoms with Gasteiger partial charge in [-0.3, -0.25) is 0 Å². The maximum Gasteiger partial charge on any atom is 0.243 e. The molecule has 0 fully saturated rings. The first-order chi connectivity index (χ1) is 9.88. The van der Waals surface area contributed by atoms with Gasteiger partial charge in [-0.05, 0) is 43.5 Å². The summed E-state index contributed by atoms with van der Waals surface area (Å²) >= 11 is 5.80. The van der Waals surface area contributed by atoms with Crippen LogP contribution in [0.4, 0.5) is 0 Å². The summed E-state index contributed by atoms with van der Waals surface area (Å²) in [7, 11) is -0.331. The summed E-state index contributed by atoms with van der Waals surface area (Å²) in [6.07, 6.45) is 2.26. The van der Waals surface area contributed by atoms with E-state index >= 15 is 0 Å². The second-order valence-electron chi connectivity index (χ2n) is 5.07. The Labute approximate surface area is 133 Å². The lowest BCUT2D eigenvalue weighted by Gasteiger charge is -2.25. The van der Waals surface area contributed by atoms with Crippen LogP contribution in [0.1, 0.15) is 32.3 Å². The number of ether oxygens (including phenoxy) is 1. The van der Waals surface area contributed by atoms with Crippen LogP contribution < -0.4 is 4.74 Å². The molecule has 6 heteroatoms. The minimum Gasteiger partial charge on any atom is -0.497 e. The second-order valence-corrected chi connectivity index (χ2v) is 7.42. The smallest absolute Gasteiger partial charge is 0.243 e. The van der Waals surface area contributed by atoms with Gasteiger partial charge in [0.25, 0.3) is 0 Å². The zero-order valence-corrected chi connectivity index (χ0v) is 14.7. The van der Waals surface area contributed by atoms with Gasteiger partial charge in [0.05, 0.1) is 12.0 Å². The van der Waals surface area contributed by atoms with Crippen molar-refractivity contribution in [3.05, 3.63) is 23.8 Å². The van der Waals surface area contributed by atoms with Crippen molar-refractivity contribution in [3.63, 3.8) is 0 Å². The molecule has 0 bridgehead atoms. The summed E-state index contributed by atoms with van der Waals surface area (Å²) in [5.74, 6) is 1.00. The van der Waals surface area contributed by atoms with E-state index in [0.29, 0.717) is 28.5 Å². The molecule has 0 heterocycles. The van der Waals surface area contributed by atoms with Crippen molar-refractivity contribution >= 4 is 21.6 Å². The third-order valence-corrected chi connectivity index (χ3v) is 5.88. The Morgan fingerprint density at radius 2 is 2.05 bits per heavy atom. The summed E-state index contributed by atoms with van der Waals surface area (Å²) in [6, 6.07) is 4.98. The van der Waals surface area contributed by atoms with E-state index < -0.39 is 10.0 Å². The van der Waals surface area contributed by atoms with Gasteiger partial charge in [0.1, 0.15) is 5.75 Å². The number of alkyl halides is 1. The molecule has 4 nitrogen and oxygen atoms in total. The molecule has 0 aliphatic heterocycles. The first-order valence-electron chi connectivity index (χ1n) is 7.09. The lowest BCUT2D eigenvalue weighted by Crippen LogP contribution is -2.35. The molecule has 1 atom stereocenters. The molecule has 1 unspecified atom stereocenters. The number of aryl methyl sites for hydroxylation is 1. The predicted molar refractivity (Wildman–Crippen MR) is 86.7 cm³/mol. The van der Waals surface area contributed by atoms with Crippen molar-refractivity contribution in [3.8, 4) is 5.75 Å². The van der Waals surface area contributed by atoms with E-state index in [1.165, 1.54) is 4.31 Å². The second kappa shape index (κ2) is 8.01. The normalized spacial score (nSPS) is 13.4. The summed E-state index contributed by atoms with van der Waals surface area (Å²) in [6.45, 7) is 3.97. The Morgan fingerprint density at radius 1 is 1.38 bits per heavy atom. The molecule has 1 rings (SSSR count). The van der Waals surface area contributed by atoms with Crippen LogP contribution in [-0.2, 0) is 16.4 Å². The molecular formula is C15H24ClNO3S. The summed E-state index contributed by atoms with van der Waals surface area (Å²) < 4.78 is 32.2. The fraction of sp³-hybridized carbons (Fsp3) is 0.600. The van der Waals surface area contributed by atoms with E-state index in [1.807, 2.05) is 13.8 Å². The van der Waals surface area contributed by atoms with Crippen molar-refractivity contribution in [1.29, 1.82) is 0 Å². The number of benzene rings is 1. The van der Waals surface area contributed by atoms with Gasteiger partial charge < -0.3 is 4.74 Å². The van der Waals surface area contributed by atoms with Gasteiger partial charge in [-0.2, -0.15) is 4.31 Å². The van der Waals surface area contributed by atoms with Crippen LogP contribution >= 0.6 is 11.6 Å². The van der Waals surface area contributed by atoms with Crippen LogP contribution in [0.2, 0.25) is 0 Å². The number of nitrogens with zero attached hydrogens (tertiary/aromatic N) is 1. The first kappa shape index (κ1) is 18.3. The molecule has 0 amide bonds. The standard InChI is InChI=1S/C15H24ClNO3S/c1-5-6-12(2)17(3)21(18,19)15-8-7-14(20-4)11-13(15)9-10-16/h7-8,11-12H,5-6,9-10H2,1-4H3. The molecule has 1 aromatic rings. The molecule has 21 heavy (non-hydrogen) atoms. The molecule has 0 saturated carbocycles. The highest BCUT2D eigenvalue weighted by Gasteiger charge is 2.27. The summed E-state index contributed by atoms with van der Waals surface area (Å²) in [5.41, 5.74) is 0.694. The fourth-order valence-corrected chi connectivity index (χ4v) is 4.05. The summed E-state index contributed by atoms with van der Waals surface area (Å²) in [5, 5.41) is 0. The molecule has 1 aromatic carbocycles. The van der Waals surface area contributed by atoms with Crippen LogP contribution in [0, 0.1) is 0 Å². The van der Waals surface area contributed by atoms with Crippen molar-refractivity contribution < 1.29 is 13.2 Å². The van der Waals surface area contributed by atoms with E-state index in [-0.39, 0.29) is 6.04 Å². The summed E-state index contributed by atoms with van der Waals surface area (Å²) in [4.78, 5) is 0.314. The largest absolute Gasteiger partial charge is 0.497 e. The Hall–Kier alpha value is -0.780. The van der Waals surface area contributed by atoms with E-state index in [0.717, 1.165) is 12.8 Å². The van der Waals surface area contributed by atoms with Crippen molar-refractivity contribution in [2.24, 2.45) is 0 Å². The SMILES string of the molecule is CCCC(C)N(C)S(=O)(=O)c1ccc(OC)cc1CCCl. The van der Waals surface area contributed by atoms with Crippen molar-refractivity contribution in [2.45, 2.75) is 44.0 Å². The molecule has 0 radical (unpaired) electrons. The van der Waals surface area contributed by atoms with Gasteiger partial charge in [-0.25, -0.2) is 8.42 Å². The minimum absolute atomic E-state index is 0.0362. The molecule has 120 valence electrons. The average molecular weight is 334 g/mol. The van der Waals surface area contributed by atoms with Crippen LogP contribution in [-0.4, -0.2) is 38.8 Å². The highest BCUT2D eigenvalue weighted by atomic mass is 35.5. The molecule has 0 aromatic heterocycles. The molecule has 0 spiro atoms. The quantitative estimate of drug-likeness (QED) is 0.686. The van der Waals surface area contributed by atoms with E-state index in [2.05, 4.69) is 0 Å². The van der Waals surface area contributed by atoms with Gasteiger partial charge in [0, 0.05) is 19.0 Å². The van der Waals surface area contributed by atoms with E-state index in [4.69, 9.17) is 16.3 Å². The van der Waals surface area contributed by atoms with Crippen molar-refractivity contribution in [1.82, 2.24) is 4.31 Å². The zero-order valence-electron chi connectivity index (χ0n) is 13.1. The molecule has 0 aliphatic rings. The van der Waals surface area contributed by atoms with Crippen LogP contribution in [0.25, 0.3) is 0 Å². The Kier molecular flexibility index (Phi) is 6.97. The number of rotatable bonds is 8. The van der Waals surface area contributed by atoms with Gasteiger partial charge in [0.15, 0.2) is 0 Å². The van der Waals surface area contributed by atoms with E-state index in [1.54, 1.807) is 32.4 Å². The van der Waals surface area contributed by atoms with Crippen LogP contribution in [0.3, 0.4) is 0 Å². The molecule has 0 aliphatic carbocycles. The lowest BCUT2D eigenvalue weighted by atomic mass is 10.1. The predicted octanol–water partition coefficient (Wildman–Crippen LogP) is 3.29. The Bertz CT molecular complexity index is 560. The average Bonchev–Trinajstić information content (AvgIpc) is 2.46. The van der Waals surface area contributed by atoms with Gasteiger partial charge >= 0.3 is 0 Å². The van der Waals surface area contributed by atoms with Crippen LogP contribution in [0.15, 0.2) is 23.1 Å². The topological polar surface area (TPSA) is 46.6 Å². The number of halogens is 1. The molecule has 0 saturated heterocycles. The molecular weight excluding hydrogens is 310 g/mol. The highest BCUT2D eigenvalue weighted by Crippen LogP contribution is 2.26. The third-order valence-electron chi connectivity index (χ3n) is 3.62. The number of sulfonamides is 1. The monoisotopic (exact) mass is 333 g/mol. The number of methoxy groups -OCH3 is 1. The zero-order chi connectivity index (χ0) is 16.0. The van der Waals surface area contributed by atoms with Gasteiger partial charge in [0.2, 0.25) is 10.0 Å². The highest BCUT2D eigenvalue weighted by molar-refractivity contribution is 7.89. The molecule has 0 N–H and O–H groups in total.